The second kappa shape index (κ2) is 4.98. The van der Waals surface area contributed by atoms with Crippen molar-refractivity contribution in [2.24, 2.45) is 5.92 Å². The molecule has 1 aliphatic carbocycles. The Kier molecular flexibility index (Phi) is 4.38. The summed E-state index contributed by atoms with van der Waals surface area (Å²) < 4.78 is 11.8. The second-order valence-corrected chi connectivity index (χ2v) is 9.46. The van der Waals surface area contributed by atoms with Crippen LogP contribution in [0.1, 0.15) is 46.5 Å². The van der Waals surface area contributed by atoms with Crippen molar-refractivity contribution < 1.29 is 8.85 Å². The maximum atomic E-state index is 5.90. The van der Waals surface area contributed by atoms with E-state index in [1.165, 1.54) is 25.7 Å². The maximum Gasteiger partial charge on any atom is 0.344 e. The molecule has 0 saturated heterocycles. The number of hydrogen-bond donors (Lipinski definition) is 0. The molecule has 0 heterocycles. The third kappa shape index (κ3) is 2.45. The Morgan fingerprint density at radius 1 is 1.13 bits per heavy atom. The van der Waals surface area contributed by atoms with Crippen LogP contribution in [0.3, 0.4) is 0 Å². The summed E-state index contributed by atoms with van der Waals surface area (Å²) in [5, 5.41) is 0.334. The predicted octanol–water partition coefficient (Wildman–Crippen LogP) is 3.71. The van der Waals surface area contributed by atoms with Gasteiger partial charge in [0, 0.05) is 19.3 Å². The highest BCUT2D eigenvalue weighted by atomic mass is 28.4. The molecule has 0 unspecified atom stereocenters. The molecule has 1 saturated carbocycles. The average molecular weight is 230 g/mol. The summed E-state index contributed by atoms with van der Waals surface area (Å²) in [7, 11) is 1.70. The van der Waals surface area contributed by atoms with Crippen molar-refractivity contribution in [1.82, 2.24) is 0 Å². The highest BCUT2D eigenvalue weighted by molar-refractivity contribution is 6.70. The van der Waals surface area contributed by atoms with Crippen LogP contribution in [0.25, 0.3) is 0 Å². The van der Waals surface area contributed by atoms with Crippen molar-refractivity contribution >= 4 is 8.56 Å². The molecular formula is C12H26O2Si. The molecule has 0 aromatic rings. The van der Waals surface area contributed by atoms with E-state index in [0.29, 0.717) is 11.0 Å². The van der Waals surface area contributed by atoms with Gasteiger partial charge in [-0.15, -0.1) is 0 Å². The van der Waals surface area contributed by atoms with Gasteiger partial charge in [-0.2, -0.15) is 0 Å². The van der Waals surface area contributed by atoms with E-state index < -0.39 is 8.56 Å². The van der Waals surface area contributed by atoms with Crippen LogP contribution in [0, 0.1) is 5.92 Å². The monoisotopic (exact) mass is 230 g/mol. The molecule has 0 aromatic carbocycles. The van der Waals surface area contributed by atoms with Crippen LogP contribution in [-0.2, 0) is 8.85 Å². The lowest BCUT2D eigenvalue weighted by Gasteiger charge is -2.42. The van der Waals surface area contributed by atoms with Crippen LogP contribution in [0.4, 0.5) is 0 Å². The fourth-order valence-corrected chi connectivity index (χ4v) is 7.23. The lowest BCUT2D eigenvalue weighted by molar-refractivity contribution is 0.200. The summed E-state index contributed by atoms with van der Waals surface area (Å²) in [5.74, 6) is 0.661. The van der Waals surface area contributed by atoms with Crippen LogP contribution in [0.2, 0.25) is 11.1 Å². The van der Waals surface area contributed by atoms with E-state index >= 15 is 0 Å². The van der Waals surface area contributed by atoms with Gasteiger partial charge in [-0.3, -0.25) is 0 Å². The minimum atomic E-state index is -2.00. The van der Waals surface area contributed by atoms with Gasteiger partial charge < -0.3 is 8.85 Å². The molecule has 0 bridgehead atoms. The van der Waals surface area contributed by atoms with E-state index in [0.717, 1.165) is 6.04 Å². The maximum absolute atomic E-state index is 5.90. The standard InChI is InChI=1S/C12H26O2Si/c1-11(2)10-15(13-4,14-5)12(3)8-6-7-9-12/h11H,6-10H2,1-5H3. The normalized spacial score (nSPS) is 21.2. The van der Waals surface area contributed by atoms with E-state index in [1.54, 1.807) is 0 Å². The quantitative estimate of drug-likeness (QED) is 0.670. The SMILES string of the molecule is CO[Si](CC(C)C)(OC)C1(C)CCCC1. The third-order valence-corrected chi connectivity index (χ3v) is 8.98. The molecule has 0 aliphatic heterocycles. The zero-order chi connectivity index (χ0) is 11.5. The fraction of sp³-hybridized carbons (Fsp3) is 1.00. The van der Waals surface area contributed by atoms with Crippen molar-refractivity contribution in [3.8, 4) is 0 Å². The molecule has 0 aromatic heterocycles. The minimum absolute atomic E-state index is 0.334. The van der Waals surface area contributed by atoms with Gasteiger partial charge in [-0.1, -0.05) is 33.6 Å². The van der Waals surface area contributed by atoms with Crippen molar-refractivity contribution in [2.45, 2.75) is 57.5 Å². The Hall–Kier alpha value is 0.137. The molecule has 0 radical (unpaired) electrons. The average Bonchev–Trinajstić information content (AvgIpc) is 2.62. The van der Waals surface area contributed by atoms with E-state index in [-0.39, 0.29) is 0 Å². The lowest BCUT2D eigenvalue weighted by Crippen LogP contribution is -2.51. The van der Waals surface area contributed by atoms with Crippen LogP contribution in [-0.4, -0.2) is 22.8 Å². The molecule has 1 rings (SSSR count). The summed E-state index contributed by atoms with van der Waals surface area (Å²) in [6.07, 6.45) is 5.26. The fourth-order valence-electron chi connectivity index (χ4n) is 3.06. The lowest BCUT2D eigenvalue weighted by atomic mass is 10.1. The molecule has 1 aliphatic rings. The number of rotatable bonds is 5. The van der Waals surface area contributed by atoms with Crippen molar-refractivity contribution in [2.75, 3.05) is 14.2 Å². The minimum Gasteiger partial charge on any atom is -0.397 e. The van der Waals surface area contributed by atoms with Crippen LogP contribution in [0.15, 0.2) is 0 Å². The van der Waals surface area contributed by atoms with Crippen LogP contribution >= 0.6 is 0 Å². The summed E-state index contributed by atoms with van der Waals surface area (Å²) in [6.45, 7) is 6.90. The Bertz CT molecular complexity index is 194. The summed E-state index contributed by atoms with van der Waals surface area (Å²) in [5.41, 5.74) is 0. The first-order valence-corrected chi connectivity index (χ1v) is 8.12. The van der Waals surface area contributed by atoms with Crippen LogP contribution in [0.5, 0.6) is 0 Å². The molecule has 1 fully saturated rings. The van der Waals surface area contributed by atoms with Gasteiger partial charge in [0.05, 0.1) is 0 Å². The molecule has 15 heavy (non-hydrogen) atoms. The Balaban J connectivity index is 2.87. The van der Waals surface area contributed by atoms with Crippen molar-refractivity contribution in [1.29, 1.82) is 0 Å². The molecule has 0 amide bonds. The Morgan fingerprint density at radius 3 is 1.93 bits per heavy atom. The smallest absolute Gasteiger partial charge is 0.344 e. The molecular weight excluding hydrogens is 204 g/mol. The first-order chi connectivity index (χ1) is 6.99. The highest BCUT2D eigenvalue weighted by Gasteiger charge is 2.54. The molecule has 2 nitrogen and oxygen atoms in total. The van der Waals surface area contributed by atoms with Gasteiger partial charge in [0.2, 0.25) is 0 Å². The molecule has 90 valence electrons. The molecule has 0 spiro atoms. The molecule has 3 heteroatoms. The van der Waals surface area contributed by atoms with Gasteiger partial charge in [-0.05, 0) is 24.8 Å². The predicted molar refractivity (Wildman–Crippen MR) is 66.3 cm³/mol. The van der Waals surface area contributed by atoms with E-state index in [2.05, 4.69) is 20.8 Å². The van der Waals surface area contributed by atoms with Gasteiger partial charge in [0.1, 0.15) is 0 Å². The highest BCUT2D eigenvalue weighted by Crippen LogP contribution is 2.54. The summed E-state index contributed by atoms with van der Waals surface area (Å²) >= 11 is 0. The molecule has 0 atom stereocenters. The zero-order valence-electron chi connectivity index (χ0n) is 10.9. The zero-order valence-corrected chi connectivity index (χ0v) is 11.9. The van der Waals surface area contributed by atoms with Gasteiger partial charge in [0.15, 0.2) is 0 Å². The molecule has 0 N–H and O–H groups in total. The van der Waals surface area contributed by atoms with Gasteiger partial charge in [-0.25, -0.2) is 0 Å². The third-order valence-electron chi connectivity index (χ3n) is 3.96. The van der Waals surface area contributed by atoms with E-state index in [9.17, 15) is 0 Å². The summed E-state index contributed by atoms with van der Waals surface area (Å²) in [4.78, 5) is 0. The first kappa shape index (κ1) is 13.2. The van der Waals surface area contributed by atoms with Gasteiger partial charge >= 0.3 is 8.56 Å². The van der Waals surface area contributed by atoms with E-state index in [1.807, 2.05) is 14.2 Å². The Morgan fingerprint density at radius 2 is 1.60 bits per heavy atom. The van der Waals surface area contributed by atoms with Crippen molar-refractivity contribution in [3.63, 3.8) is 0 Å². The van der Waals surface area contributed by atoms with E-state index in [4.69, 9.17) is 8.85 Å². The largest absolute Gasteiger partial charge is 0.397 e. The topological polar surface area (TPSA) is 18.5 Å². The van der Waals surface area contributed by atoms with Gasteiger partial charge in [0.25, 0.3) is 0 Å². The second-order valence-electron chi connectivity index (χ2n) is 5.53. The Labute approximate surface area is 95.6 Å². The number of hydrogen-bond acceptors (Lipinski definition) is 2. The van der Waals surface area contributed by atoms with Crippen molar-refractivity contribution in [3.05, 3.63) is 0 Å². The summed E-state index contributed by atoms with van der Waals surface area (Å²) in [6, 6.07) is 1.12. The first-order valence-electron chi connectivity index (χ1n) is 6.10. The van der Waals surface area contributed by atoms with Crippen LogP contribution < -0.4 is 0 Å².